The molecule has 0 fully saturated rings. The Morgan fingerprint density at radius 1 is 0.453 bits per heavy atom. The van der Waals surface area contributed by atoms with Crippen LogP contribution in [0.2, 0.25) is 0 Å². The highest BCUT2D eigenvalue weighted by molar-refractivity contribution is 7.22. The maximum Gasteiger partial charge on any atom is 0.416 e. The molecule has 0 amide bonds. The van der Waals surface area contributed by atoms with Gasteiger partial charge < -0.3 is 9.47 Å². The van der Waals surface area contributed by atoms with Gasteiger partial charge >= 0.3 is 12.4 Å². The van der Waals surface area contributed by atoms with Crippen LogP contribution in [0.1, 0.15) is 33.4 Å². The van der Waals surface area contributed by atoms with Crippen molar-refractivity contribution in [3.05, 3.63) is 167 Å². The van der Waals surface area contributed by atoms with E-state index in [1.165, 1.54) is 24.3 Å². The molecule has 9 heteroatoms. The lowest BCUT2D eigenvalue weighted by Crippen LogP contribution is -2.72. The number of methoxy groups -OCH3 is 2. The Kier molecular flexibility index (Phi) is 9.15. The number of halogens is 6. The van der Waals surface area contributed by atoms with Crippen molar-refractivity contribution in [2.75, 3.05) is 14.2 Å². The van der Waals surface area contributed by atoms with E-state index >= 15 is 0 Å². The Balaban J connectivity index is 1.46. The van der Waals surface area contributed by atoms with E-state index in [0.717, 1.165) is 56.1 Å². The summed E-state index contributed by atoms with van der Waals surface area (Å²) in [5.74, 6) is 13.4. The summed E-state index contributed by atoms with van der Waals surface area (Å²) < 4.78 is 90.9. The molecule has 7 rings (SSSR count). The fourth-order valence-electron chi connectivity index (χ4n) is 6.83. The van der Waals surface area contributed by atoms with E-state index < -0.39 is 31.6 Å². The molecule has 0 atom stereocenters. The zero-order valence-electron chi connectivity index (χ0n) is 28.3. The van der Waals surface area contributed by atoms with Gasteiger partial charge in [-0.1, -0.05) is 84.3 Å². The first-order valence-corrected chi connectivity index (χ1v) is 18.4. The van der Waals surface area contributed by atoms with Crippen molar-refractivity contribution >= 4 is 28.8 Å². The summed E-state index contributed by atoms with van der Waals surface area (Å²) in [6.07, 6.45) is -8.91. The molecule has 0 aromatic heterocycles. The van der Waals surface area contributed by atoms with Crippen LogP contribution in [0.25, 0.3) is 11.1 Å². The fraction of sp³-hybridized carbons (Fsp3) is 0.0909. The van der Waals surface area contributed by atoms with Gasteiger partial charge in [-0.15, -0.1) is 0 Å². The highest BCUT2D eigenvalue weighted by Gasteiger charge is 2.49. The quantitative estimate of drug-likeness (QED) is 0.104. The van der Waals surface area contributed by atoms with Crippen molar-refractivity contribution in [1.82, 2.24) is 0 Å². The smallest absolute Gasteiger partial charge is 0.416 e. The number of fused-ring (bicyclic) bond motifs is 3. The van der Waals surface area contributed by atoms with E-state index in [9.17, 15) is 26.3 Å². The molecule has 0 bridgehead atoms. The van der Waals surface area contributed by atoms with Gasteiger partial charge in [-0.2, -0.15) is 26.3 Å². The summed E-state index contributed by atoms with van der Waals surface area (Å²) in [6, 6.07) is 37.7. The van der Waals surface area contributed by atoms with Gasteiger partial charge in [0.15, 0.2) is 8.07 Å². The predicted octanol–water partition coefficient (Wildman–Crippen LogP) is 7.90. The lowest BCUT2D eigenvalue weighted by atomic mass is 10.0. The molecular formula is C44H28F6O2Si. The summed E-state index contributed by atoms with van der Waals surface area (Å²) in [4.78, 5) is 0. The van der Waals surface area contributed by atoms with Crippen LogP contribution < -0.4 is 30.2 Å². The third-order valence-corrected chi connectivity index (χ3v) is 14.1. The Bertz CT molecular complexity index is 2260. The number of rotatable bonds is 4. The SMILES string of the molecule is COc1cc2c(cc1C#Cc1ccc(C(F)(F)F)cc1)[Si](c1ccccc1)(c1ccccc1)c1cc(C#Cc3ccc(C(F)(F)F)cc3)c(OC)cc1-2. The lowest BCUT2D eigenvalue weighted by Gasteiger charge is -2.31. The Morgan fingerprint density at radius 2 is 0.811 bits per heavy atom. The molecule has 6 aromatic carbocycles. The Labute approximate surface area is 303 Å². The average Bonchev–Trinajstić information content (AvgIpc) is 3.44. The molecule has 262 valence electrons. The van der Waals surface area contributed by atoms with Gasteiger partial charge in [0.25, 0.3) is 0 Å². The van der Waals surface area contributed by atoms with Crippen molar-refractivity contribution in [2.45, 2.75) is 12.4 Å². The largest absolute Gasteiger partial charge is 0.495 e. The highest BCUT2D eigenvalue weighted by atomic mass is 28.3. The first kappa shape index (κ1) is 35.2. The van der Waals surface area contributed by atoms with Crippen LogP contribution in [0.5, 0.6) is 11.5 Å². The van der Waals surface area contributed by atoms with Crippen LogP contribution in [-0.2, 0) is 12.4 Å². The molecule has 0 unspecified atom stereocenters. The van der Waals surface area contributed by atoms with Crippen molar-refractivity contribution in [3.63, 3.8) is 0 Å². The van der Waals surface area contributed by atoms with Gasteiger partial charge in [-0.25, -0.2) is 0 Å². The molecule has 0 spiro atoms. The average molecular weight is 731 g/mol. The summed E-state index contributed by atoms with van der Waals surface area (Å²) >= 11 is 0. The van der Waals surface area contributed by atoms with Gasteiger partial charge in [0, 0.05) is 11.1 Å². The third-order valence-electron chi connectivity index (χ3n) is 9.30. The van der Waals surface area contributed by atoms with Gasteiger partial charge in [-0.3, -0.25) is 0 Å². The zero-order chi connectivity index (χ0) is 37.4. The van der Waals surface area contributed by atoms with Gasteiger partial charge in [0.05, 0.1) is 36.5 Å². The number of ether oxygens (including phenoxy) is 2. The van der Waals surface area contributed by atoms with Crippen LogP contribution in [0.3, 0.4) is 0 Å². The number of hydrogen-bond acceptors (Lipinski definition) is 2. The summed E-state index contributed by atoms with van der Waals surface area (Å²) in [7, 11) is -0.0459. The van der Waals surface area contributed by atoms with Crippen LogP contribution in [-0.4, -0.2) is 22.3 Å². The van der Waals surface area contributed by atoms with Crippen molar-refractivity contribution < 1.29 is 35.8 Å². The molecule has 1 aliphatic heterocycles. The van der Waals surface area contributed by atoms with E-state index in [1.54, 1.807) is 14.2 Å². The standard InChI is InChI=1S/C44H28F6O2Si/c1-51-39-27-37-38-28-40(52-2)32(20-14-30-17-23-34(24-18-30)44(48,49)50)26-42(38)53(35-9-5-3-6-10-35,36-11-7-4-8-12-36)41(37)25-31(39)19-13-29-15-21-33(22-16-29)43(45,46)47/h3-12,15-18,21-28H,1-2H3. The number of benzene rings is 6. The minimum Gasteiger partial charge on any atom is -0.495 e. The summed E-state index contributed by atoms with van der Waals surface area (Å²) in [5, 5.41) is 4.23. The molecular weight excluding hydrogens is 703 g/mol. The van der Waals surface area contributed by atoms with Crippen LogP contribution in [0.15, 0.2) is 133 Å². The Morgan fingerprint density at radius 3 is 1.13 bits per heavy atom. The predicted molar refractivity (Wildman–Crippen MR) is 197 cm³/mol. The molecule has 6 aromatic rings. The van der Waals surface area contributed by atoms with E-state index in [0.29, 0.717) is 33.8 Å². The van der Waals surface area contributed by atoms with Crippen LogP contribution in [0.4, 0.5) is 26.3 Å². The lowest BCUT2D eigenvalue weighted by molar-refractivity contribution is -0.138. The maximum absolute atomic E-state index is 13.2. The summed E-state index contributed by atoms with van der Waals surface area (Å²) in [5.41, 5.74) is 2.29. The molecule has 0 N–H and O–H groups in total. The normalized spacial score (nSPS) is 12.8. The molecule has 0 aliphatic carbocycles. The maximum atomic E-state index is 13.2. The second-order valence-electron chi connectivity index (χ2n) is 12.3. The molecule has 1 heterocycles. The number of alkyl halides is 6. The topological polar surface area (TPSA) is 18.5 Å². The second-order valence-corrected chi connectivity index (χ2v) is 16.1. The van der Waals surface area contributed by atoms with Gasteiger partial charge in [0.1, 0.15) is 11.5 Å². The first-order valence-electron chi connectivity index (χ1n) is 16.4. The minimum atomic E-state index is -4.46. The fourth-order valence-corrected chi connectivity index (χ4v) is 12.0. The third kappa shape index (κ3) is 6.56. The van der Waals surface area contributed by atoms with Gasteiger partial charge in [0.2, 0.25) is 0 Å². The van der Waals surface area contributed by atoms with Crippen molar-refractivity contribution in [1.29, 1.82) is 0 Å². The van der Waals surface area contributed by atoms with Crippen LogP contribution >= 0.6 is 0 Å². The highest BCUT2D eigenvalue weighted by Crippen LogP contribution is 2.37. The molecule has 0 saturated carbocycles. The Hall–Kier alpha value is -6.16. The van der Waals surface area contributed by atoms with Crippen molar-refractivity contribution in [3.8, 4) is 46.3 Å². The monoisotopic (exact) mass is 730 g/mol. The van der Waals surface area contributed by atoms with E-state index in [2.05, 4.69) is 47.9 Å². The molecule has 0 saturated heterocycles. The van der Waals surface area contributed by atoms with Crippen LogP contribution in [0, 0.1) is 23.7 Å². The van der Waals surface area contributed by atoms with Crippen molar-refractivity contribution in [2.24, 2.45) is 0 Å². The minimum absolute atomic E-state index is 0.416. The molecule has 2 nitrogen and oxygen atoms in total. The zero-order valence-corrected chi connectivity index (χ0v) is 29.3. The van der Waals surface area contributed by atoms with E-state index in [4.69, 9.17) is 9.47 Å². The second kappa shape index (κ2) is 13.8. The molecule has 0 radical (unpaired) electrons. The molecule has 1 aliphatic rings. The van der Waals surface area contributed by atoms with E-state index in [1.807, 2.05) is 60.7 Å². The van der Waals surface area contributed by atoms with E-state index in [-0.39, 0.29) is 0 Å². The van der Waals surface area contributed by atoms with Gasteiger partial charge in [-0.05, 0) is 105 Å². The number of hydrogen-bond donors (Lipinski definition) is 0. The first-order chi connectivity index (χ1) is 25.4. The molecule has 53 heavy (non-hydrogen) atoms. The summed E-state index contributed by atoms with van der Waals surface area (Å²) in [6.45, 7) is 0.